The average Bonchev–Trinajstić information content (AvgIpc) is 2.62. The molecule has 2 aliphatic rings. The average molecular weight is 307 g/mol. The summed E-state index contributed by atoms with van der Waals surface area (Å²) in [5.41, 5.74) is 4.65. The Kier molecular flexibility index (Phi) is 4.19. The van der Waals surface area contributed by atoms with Crippen LogP contribution in [-0.2, 0) is 19.4 Å². The number of hydrogen-bond donors (Lipinski definition) is 0. The van der Waals surface area contributed by atoms with E-state index in [-0.39, 0.29) is 0 Å². The number of benzene rings is 2. The first-order valence-corrected chi connectivity index (χ1v) is 9.01. The third-order valence-electron chi connectivity index (χ3n) is 5.82. The highest BCUT2D eigenvalue weighted by molar-refractivity contribution is 5.27. The van der Waals surface area contributed by atoms with Crippen LogP contribution in [0.2, 0.25) is 0 Å². The summed E-state index contributed by atoms with van der Waals surface area (Å²) in [5, 5.41) is 0. The van der Waals surface area contributed by atoms with Gasteiger partial charge in [-0.2, -0.15) is 0 Å². The molecule has 2 aliphatic heterocycles. The van der Waals surface area contributed by atoms with Crippen molar-refractivity contribution in [2.24, 2.45) is 0 Å². The van der Waals surface area contributed by atoms with Crippen molar-refractivity contribution in [3.8, 4) is 0 Å². The second-order valence-electron chi connectivity index (χ2n) is 7.27. The molecule has 0 unspecified atom stereocenters. The molecule has 0 amide bonds. The van der Waals surface area contributed by atoms with Gasteiger partial charge in [0.15, 0.2) is 0 Å². The molecule has 2 heterocycles. The molecule has 1 fully saturated rings. The summed E-state index contributed by atoms with van der Waals surface area (Å²) in [6.07, 6.45) is 2.45. The maximum absolute atomic E-state index is 2.66. The lowest BCUT2D eigenvalue weighted by Gasteiger charge is -2.47. The quantitative estimate of drug-likeness (QED) is 0.788. The highest BCUT2D eigenvalue weighted by Gasteiger charge is 2.35. The number of piperazine rings is 1. The zero-order valence-corrected chi connectivity index (χ0v) is 14.0. The van der Waals surface area contributed by atoms with Gasteiger partial charge >= 0.3 is 0 Å². The van der Waals surface area contributed by atoms with Gasteiger partial charge in [-0.15, -0.1) is 0 Å². The summed E-state index contributed by atoms with van der Waals surface area (Å²) in [6.45, 7) is 8.96. The highest BCUT2D eigenvalue weighted by Crippen LogP contribution is 2.26. The van der Waals surface area contributed by atoms with Gasteiger partial charge in [-0.25, -0.2) is 0 Å². The number of hydrogen-bond acceptors (Lipinski definition) is 1. The topological polar surface area (TPSA) is 3.24 Å². The van der Waals surface area contributed by atoms with E-state index in [4.69, 9.17) is 0 Å². The van der Waals surface area contributed by atoms with Crippen molar-refractivity contribution in [3.05, 3.63) is 71.3 Å². The van der Waals surface area contributed by atoms with Crippen molar-refractivity contribution in [2.45, 2.75) is 19.4 Å². The van der Waals surface area contributed by atoms with Crippen LogP contribution in [0.3, 0.4) is 0 Å². The monoisotopic (exact) mass is 307 g/mol. The first kappa shape index (κ1) is 14.9. The van der Waals surface area contributed by atoms with Crippen molar-refractivity contribution in [1.82, 2.24) is 4.90 Å². The Morgan fingerprint density at radius 3 is 2.26 bits per heavy atom. The van der Waals surface area contributed by atoms with Crippen LogP contribution in [0, 0.1) is 0 Å². The molecule has 0 aromatic heterocycles. The molecule has 0 atom stereocenters. The number of rotatable bonds is 3. The third-order valence-corrected chi connectivity index (χ3v) is 5.82. The zero-order valence-electron chi connectivity index (χ0n) is 14.0. The Labute approximate surface area is 139 Å². The van der Waals surface area contributed by atoms with Crippen LogP contribution in [0.5, 0.6) is 0 Å². The molecule has 2 nitrogen and oxygen atoms in total. The summed E-state index contributed by atoms with van der Waals surface area (Å²) >= 11 is 0. The van der Waals surface area contributed by atoms with Crippen molar-refractivity contribution in [2.75, 3.05) is 39.3 Å². The van der Waals surface area contributed by atoms with E-state index in [0.29, 0.717) is 0 Å². The molecule has 0 N–H and O–H groups in total. The molecule has 2 heteroatoms. The third kappa shape index (κ3) is 3.34. The van der Waals surface area contributed by atoms with Gasteiger partial charge in [0, 0.05) is 31.6 Å². The summed E-state index contributed by atoms with van der Waals surface area (Å²) in [5.74, 6) is 0. The van der Waals surface area contributed by atoms with Gasteiger partial charge in [-0.3, -0.25) is 4.90 Å². The van der Waals surface area contributed by atoms with Crippen molar-refractivity contribution in [1.29, 1.82) is 0 Å². The number of nitrogens with zero attached hydrogens (tertiary/aromatic N) is 2. The van der Waals surface area contributed by atoms with Crippen molar-refractivity contribution >= 4 is 0 Å². The van der Waals surface area contributed by atoms with Crippen LogP contribution >= 0.6 is 0 Å². The molecule has 2 aromatic rings. The first-order chi connectivity index (χ1) is 11.3. The Morgan fingerprint density at radius 1 is 0.783 bits per heavy atom. The minimum atomic E-state index is 1.18. The lowest BCUT2D eigenvalue weighted by molar-refractivity contribution is -0.946. The maximum Gasteiger partial charge on any atom is 0.105 e. The zero-order chi connectivity index (χ0) is 15.5. The van der Waals surface area contributed by atoms with Gasteiger partial charge in [0.1, 0.15) is 6.54 Å². The van der Waals surface area contributed by atoms with Gasteiger partial charge in [-0.1, -0.05) is 54.6 Å². The van der Waals surface area contributed by atoms with Gasteiger partial charge < -0.3 is 4.48 Å². The van der Waals surface area contributed by atoms with Gasteiger partial charge in [0.2, 0.25) is 0 Å². The Morgan fingerprint density at radius 2 is 1.48 bits per heavy atom. The van der Waals surface area contributed by atoms with Crippen LogP contribution in [0.4, 0.5) is 0 Å². The highest BCUT2D eigenvalue weighted by atomic mass is 15.4. The Bertz CT molecular complexity index is 642. The van der Waals surface area contributed by atoms with Gasteiger partial charge in [0.05, 0.1) is 19.6 Å². The van der Waals surface area contributed by atoms with Gasteiger partial charge in [0.25, 0.3) is 0 Å². The lowest BCUT2D eigenvalue weighted by Crippen LogP contribution is -2.61. The first-order valence-electron chi connectivity index (χ1n) is 9.01. The van der Waals surface area contributed by atoms with Crippen LogP contribution in [0.25, 0.3) is 0 Å². The second-order valence-corrected chi connectivity index (χ2v) is 7.27. The van der Waals surface area contributed by atoms with E-state index < -0.39 is 0 Å². The van der Waals surface area contributed by atoms with Crippen molar-refractivity contribution < 1.29 is 4.48 Å². The van der Waals surface area contributed by atoms with E-state index in [1.807, 2.05) is 0 Å². The number of fused-ring (bicyclic) bond motifs is 1. The van der Waals surface area contributed by atoms with E-state index in [9.17, 15) is 0 Å². The minimum absolute atomic E-state index is 1.18. The Balaban J connectivity index is 1.33. The second kappa shape index (κ2) is 6.46. The molecule has 0 radical (unpaired) electrons. The molecular formula is C21H27N2+. The van der Waals surface area contributed by atoms with E-state index >= 15 is 0 Å². The van der Waals surface area contributed by atoms with E-state index in [2.05, 4.69) is 59.5 Å². The largest absolute Gasteiger partial charge is 0.317 e. The predicted molar refractivity (Wildman–Crippen MR) is 95.3 cm³/mol. The number of quaternary nitrogens is 1. The van der Waals surface area contributed by atoms with Crippen LogP contribution in [0.1, 0.15) is 16.7 Å². The lowest BCUT2D eigenvalue weighted by atomic mass is 9.96. The van der Waals surface area contributed by atoms with Crippen molar-refractivity contribution in [3.63, 3.8) is 0 Å². The standard InChI is InChI=1S/C21H27N2/c1-2-6-19(7-3-1)10-12-22-13-16-23(17-14-22)15-11-20-8-4-5-9-21(20)18-23/h1-9H,10-18H2/q+1. The van der Waals surface area contributed by atoms with Crippen LogP contribution in [-0.4, -0.2) is 48.7 Å². The molecule has 1 spiro atoms. The SMILES string of the molecule is c1ccc(CCN2CC[N+]3(CCc4ccccc4C3)CC2)cc1. The normalized spacial score (nSPS) is 20.3. The summed E-state index contributed by atoms with van der Waals surface area (Å²) in [4.78, 5) is 2.66. The summed E-state index contributed by atoms with van der Waals surface area (Å²) in [7, 11) is 0. The molecule has 120 valence electrons. The molecule has 0 aliphatic carbocycles. The summed E-state index contributed by atoms with van der Waals surface area (Å²) < 4.78 is 1.32. The van der Waals surface area contributed by atoms with Gasteiger partial charge in [-0.05, 0) is 17.5 Å². The summed E-state index contributed by atoms with van der Waals surface area (Å²) in [6, 6.07) is 20.0. The molecular weight excluding hydrogens is 280 g/mol. The molecule has 23 heavy (non-hydrogen) atoms. The van der Waals surface area contributed by atoms with E-state index in [1.165, 1.54) is 68.7 Å². The van der Waals surface area contributed by atoms with Crippen LogP contribution in [0.15, 0.2) is 54.6 Å². The predicted octanol–water partition coefficient (Wildman–Crippen LogP) is 3.12. The fourth-order valence-corrected chi connectivity index (χ4v) is 4.22. The minimum Gasteiger partial charge on any atom is -0.317 e. The Hall–Kier alpha value is -1.64. The maximum atomic E-state index is 2.66. The molecule has 1 saturated heterocycles. The van der Waals surface area contributed by atoms with E-state index in [0.717, 1.165) is 0 Å². The molecule has 0 bridgehead atoms. The fraction of sp³-hybridized carbons (Fsp3) is 0.429. The molecule has 4 rings (SSSR count). The fourth-order valence-electron chi connectivity index (χ4n) is 4.22. The van der Waals surface area contributed by atoms with E-state index in [1.54, 1.807) is 11.1 Å². The molecule has 2 aromatic carbocycles. The van der Waals surface area contributed by atoms with Crippen LogP contribution < -0.4 is 0 Å². The smallest absolute Gasteiger partial charge is 0.105 e. The molecule has 0 saturated carbocycles.